The van der Waals surface area contributed by atoms with Crippen LogP contribution in [0.3, 0.4) is 0 Å². The van der Waals surface area contributed by atoms with Gasteiger partial charge in [-0.25, -0.2) is 4.79 Å². The molecule has 1 aromatic carbocycles. The molecular weight excluding hydrogens is 228 g/mol. The summed E-state index contributed by atoms with van der Waals surface area (Å²) in [6.45, 7) is 3.58. The van der Waals surface area contributed by atoms with Crippen molar-refractivity contribution in [3.8, 4) is 0 Å². The van der Waals surface area contributed by atoms with Crippen LogP contribution in [0.15, 0.2) is 30.3 Å². The zero-order chi connectivity index (χ0) is 12.8. The molecule has 1 aliphatic rings. The number of amides is 2. The van der Waals surface area contributed by atoms with Crippen LogP contribution in [0.5, 0.6) is 0 Å². The Balaban J connectivity index is 1.68. The highest BCUT2D eigenvalue weighted by atomic mass is 16.5. The summed E-state index contributed by atoms with van der Waals surface area (Å²) in [6.07, 6.45) is 1.04. The molecule has 0 N–H and O–H groups in total. The van der Waals surface area contributed by atoms with Gasteiger partial charge in [-0.1, -0.05) is 30.3 Å². The lowest BCUT2D eigenvalue weighted by atomic mass is 10.2. The molecule has 0 aromatic heterocycles. The summed E-state index contributed by atoms with van der Waals surface area (Å²) in [5.41, 5.74) is 1.17. The fourth-order valence-electron chi connectivity index (χ4n) is 2.08. The summed E-state index contributed by atoms with van der Waals surface area (Å²) >= 11 is 0. The average Bonchev–Trinajstić information content (AvgIpc) is 2.40. The highest BCUT2D eigenvalue weighted by molar-refractivity contribution is 5.74. The molecule has 0 unspecified atom stereocenters. The predicted octanol–water partition coefficient (Wildman–Crippen LogP) is 1.96. The first-order chi connectivity index (χ1) is 8.77. The quantitative estimate of drug-likeness (QED) is 0.746. The molecule has 0 aliphatic carbocycles. The fraction of sp³-hybridized carbons (Fsp3) is 0.500. The van der Waals surface area contributed by atoms with Gasteiger partial charge in [0.1, 0.15) is 0 Å². The van der Waals surface area contributed by atoms with Gasteiger partial charge in [-0.2, -0.15) is 0 Å². The number of carbonyl (C=O) groups excluding carboxylic acids is 1. The number of ether oxygens (including phenoxy) is 1. The fourth-order valence-corrected chi connectivity index (χ4v) is 2.08. The molecule has 0 saturated carbocycles. The van der Waals surface area contributed by atoms with E-state index in [1.165, 1.54) is 5.56 Å². The van der Waals surface area contributed by atoms with E-state index in [9.17, 15) is 4.79 Å². The van der Waals surface area contributed by atoms with Gasteiger partial charge in [-0.15, -0.1) is 0 Å². The smallest absolute Gasteiger partial charge is 0.319 e. The van der Waals surface area contributed by atoms with Crippen LogP contribution in [0.4, 0.5) is 4.79 Å². The second-order valence-electron chi connectivity index (χ2n) is 4.58. The molecule has 2 rings (SSSR count). The SMILES string of the molecule is CN1CCCN(CCOCc2ccccc2)C1=O. The molecule has 0 spiro atoms. The van der Waals surface area contributed by atoms with Crippen LogP contribution < -0.4 is 0 Å². The van der Waals surface area contributed by atoms with E-state index in [-0.39, 0.29) is 6.03 Å². The topological polar surface area (TPSA) is 32.8 Å². The van der Waals surface area contributed by atoms with E-state index in [2.05, 4.69) is 0 Å². The summed E-state index contributed by atoms with van der Waals surface area (Å²) in [7, 11) is 1.85. The molecule has 1 fully saturated rings. The third kappa shape index (κ3) is 3.47. The second kappa shape index (κ2) is 6.40. The molecule has 4 heteroatoms. The number of urea groups is 1. The Morgan fingerprint density at radius 2 is 2.00 bits per heavy atom. The zero-order valence-corrected chi connectivity index (χ0v) is 10.8. The van der Waals surface area contributed by atoms with Crippen LogP contribution >= 0.6 is 0 Å². The Bertz CT molecular complexity index is 381. The number of nitrogens with zero attached hydrogens (tertiary/aromatic N) is 2. The van der Waals surface area contributed by atoms with Crippen LogP contribution in [0.2, 0.25) is 0 Å². The van der Waals surface area contributed by atoms with Crippen molar-refractivity contribution in [1.29, 1.82) is 0 Å². The van der Waals surface area contributed by atoms with Gasteiger partial charge in [0.25, 0.3) is 0 Å². The van der Waals surface area contributed by atoms with Crippen molar-refractivity contribution >= 4 is 6.03 Å². The number of carbonyl (C=O) groups is 1. The van der Waals surface area contributed by atoms with Crippen molar-refractivity contribution in [2.75, 3.05) is 33.3 Å². The van der Waals surface area contributed by atoms with Crippen molar-refractivity contribution in [1.82, 2.24) is 9.80 Å². The number of benzene rings is 1. The standard InChI is InChI=1S/C14H20N2O2/c1-15-8-5-9-16(14(15)17)10-11-18-12-13-6-3-2-4-7-13/h2-4,6-7H,5,8-12H2,1H3. The van der Waals surface area contributed by atoms with Gasteiger partial charge < -0.3 is 14.5 Å². The van der Waals surface area contributed by atoms with Gasteiger partial charge in [-0.05, 0) is 12.0 Å². The highest BCUT2D eigenvalue weighted by Gasteiger charge is 2.21. The van der Waals surface area contributed by atoms with E-state index >= 15 is 0 Å². The van der Waals surface area contributed by atoms with Crippen LogP contribution in [0.25, 0.3) is 0 Å². The van der Waals surface area contributed by atoms with Crippen LogP contribution in [0, 0.1) is 0 Å². The van der Waals surface area contributed by atoms with Gasteiger partial charge in [0, 0.05) is 26.7 Å². The maximum atomic E-state index is 11.8. The lowest BCUT2D eigenvalue weighted by Gasteiger charge is -2.33. The number of hydrogen-bond acceptors (Lipinski definition) is 2. The Morgan fingerprint density at radius 1 is 1.22 bits per heavy atom. The minimum Gasteiger partial charge on any atom is -0.375 e. The lowest BCUT2D eigenvalue weighted by Crippen LogP contribution is -2.48. The second-order valence-corrected chi connectivity index (χ2v) is 4.58. The van der Waals surface area contributed by atoms with Crippen LogP contribution in [-0.4, -0.2) is 49.1 Å². The Morgan fingerprint density at radius 3 is 2.78 bits per heavy atom. The molecule has 98 valence electrons. The van der Waals surface area contributed by atoms with E-state index in [0.29, 0.717) is 19.8 Å². The minimum atomic E-state index is 0.115. The van der Waals surface area contributed by atoms with Gasteiger partial charge in [0.15, 0.2) is 0 Å². The van der Waals surface area contributed by atoms with E-state index in [1.807, 2.05) is 42.3 Å². The van der Waals surface area contributed by atoms with Crippen LogP contribution in [0.1, 0.15) is 12.0 Å². The van der Waals surface area contributed by atoms with Gasteiger partial charge in [-0.3, -0.25) is 0 Å². The van der Waals surface area contributed by atoms with Gasteiger partial charge >= 0.3 is 6.03 Å². The molecule has 0 radical (unpaired) electrons. The van der Waals surface area contributed by atoms with E-state index in [0.717, 1.165) is 19.5 Å². The minimum absolute atomic E-state index is 0.115. The predicted molar refractivity (Wildman–Crippen MR) is 70.3 cm³/mol. The Hall–Kier alpha value is -1.55. The zero-order valence-electron chi connectivity index (χ0n) is 10.8. The number of rotatable bonds is 5. The molecule has 1 aliphatic heterocycles. The van der Waals surface area contributed by atoms with E-state index in [1.54, 1.807) is 4.90 Å². The number of hydrogen-bond donors (Lipinski definition) is 0. The summed E-state index contributed by atoms with van der Waals surface area (Å²) in [5.74, 6) is 0. The molecular formula is C14H20N2O2. The largest absolute Gasteiger partial charge is 0.375 e. The maximum absolute atomic E-state index is 11.8. The summed E-state index contributed by atoms with van der Waals surface area (Å²) < 4.78 is 5.59. The van der Waals surface area contributed by atoms with E-state index < -0.39 is 0 Å². The van der Waals surface area contributed by atoms with Crippen molar-refractivity contribution in [2.45, 2.75) is 13.0 Å². The molecule has 18 heavy (non-hydrogen) atoms. The molecule has 4 nitrogen and oxygen atoms in total. The summed E-state index contributed by atoms with van der Waals surface area (Å²) in [5, 5.41) is 0. The summed E-state index contributed by atoms with van der Waals surface area (Å²) in [6, 6.07) is 10.2. The van der Waals surface area contributed by atoms with Crippen LogP contribution in [-0.2, 0) is 11.3 Å². The molecule has 2 amide bonds. The third-order valence-electron chi connectivity index (χ3n) is 3.14. The van der Waals surface area contributed by atoms with Crippen molar-refractivity contribution < 1.29 is 9.53 Å². The molecule has 0 bridgehead atoms. The Kier molecular flexibility index (Phi) is 4.59. The first-order valence-corrected chi connectivity index (χ1v) is 6.39. The average molecular weight is 248 g/mol. The molecule has 1 heterocycles. The summed E-state index contributed by atoms with van der Waals surface area (Å²) in [4.78, 5) is 15.4. The highest BCUT2D eigenvalue weighted by Crippen LogP contribution is 2.07. The van der Waals surface area contributed by atoms with Crippen molar-refractivity contribution in [3.63, 3.8) is 0 Å². The molecule has 1 aromatic rings. The lowest BCUT2D eigenvalue weighted by molar-refractivity contribution is 0.0832. The van der Waals surface area contributed by atoms with Crippen molar-refractivity contribution in [3.05, 3.63) is 35.9 Å². The van der Waals surface area contributed by atoms with E-state index in [4.69, 9.17) is 4.74 Å². The normalized spacial score (nSPS) is 16.2. The third-order valence-corrected chi connectivity index (χ3v) is 3.14. The van der Waals surface area contributed by atoms with Gasteiger partial charge in [0.05, 0.1) is 13.2 Å². The molecule has 0 atom stereocenters. The first-order valence-electron chi connectivity index (χ1n) is 6.39. The molecule has 1 saturated heterocycles. The Labute approximate surface area is 108 Å². The monoisotopic (exact) mass is 248 g/mol. The first kappa shape index (κ1) is 12.9. The van der Waals surface area contributed by atoms with Crippen molar-refractivity contribution in [2.24, 2.45) is 0 Å². The van der Waals surface area contributed by atoms with Gasteiger partial charge in [0.2, 0.25) is 0 Å². The maximum Gasteiger partial charge on any atom is 0.319 e.